The Bertz CT molecular complexity index is 850. The van der Waals surface area contributed by atoms with Crippen LogP contribution in [0.25, 0.3) is 0 Å². The van der Waals surface area contributed by atoms with Gasteiger partial charge in [-0.2, -0.15) is 10.4 Å². The molecule has 128 valence electrons. The van der Waals surface area contributed by atoms with E-state index in [0.29, 0.717) is 21.5 Å². The molecule has 2 aromatic rings. The molecule has 0 unspecified atom stereocenters. The minimum absolute atomic E-state index is 0.0262. The number of hydrazone groups is 1. The largest absolute Gasteiger partial charge is 0.496 e. The van der Waals surface area contributed by atoms with Gasteiger partial charge in [0.25, 0.3) is 5.91 Å². The lowest BCUT2D eigenvalue weighted by atomic mass is 10.2. The van der Waals surface area contributed by atoms with E-state index in [2.05, 4.69) is 49.0 Å². The first-order valence-electron chi connectivity index (χ1n) is 7.01. The van der Waals surface area contributed by atoms with Crippen LogP contribution in [0.4, 0.5) is 0 Å². The quantitative estimate of drug-likeness (QED) is 0.362. The van der Waals surface area contributed by atoms with Crippen LogP contribution < -0.4 is 14.9 Å². The van der Waals surface area contributed by atoms with Gasteiger partial charge in [0, 0.05) is 5.56 Å². The number of methoxy groups -OCH3 is 1. The average molecular weight is 514 g/mol. The molecule has 2 aromatic carbocycles. The number of hydrogen-bond donors (Lipinski definition) is 1. The van der Waals surface area contributed by atoms with Crippen molar-refractivity contribution in [1.29, 1.82) is 5.26 Å². The molecule has 8 heteroatoms. The molecule has 0 radical (unpaired) electrons. The molecule has 25 heavy (non-hydrogen) atoms. The fraction of sp³-hybridized carbons (Fsp3) is 0.118. The molecule has 2 rings (SSSR count). The van der Waals surface area contributed by atoms with Crippen molar-refractivity contribution < 1.29 is 14.3 Å². The van der Waals surface area contributed by atoms with E-state index in [0.717, 1.165) is 9.13 Å². The van der Waals surface area contributed by atoms with Crippen LogP contribution in [-0.2, 0) is 0 Å². The molecule has 0 aromatic heterocycles. The van der Waals surface area contributed by atoms with Crippen LogP contribution in [0.2, 0.25) is 0 Å². The first-order valence-corrected chi connectivity index (χ1v) is 8.88. The zero-order chi connectivity index (χ0) is 18.2. The van der Waals surface area contributed by atoms with Crippen LogP contribution >= 0.6 is 38.5 Å². The second-order valence-electron chi connectivity index (χ2n) is 4.69. The number of hydrogen-bond acceptors (Lipinski definition) is 5. The lowest BCUT2D eigenvalue weighted by molar-refractivity contribution is 0.0954. The summed E-state index contributed by atoms with van der Waals surface area (Å²) in [6, 6.07) is 12.3. The fourth-order valence-electron chi connectivity index (χ4n) is 1.86. The molecule has 0 aliphatic heterocycles. The molecule has 0 bridgehead atoms. The molecule has 0 saturated carbocycles. The lowest BCUT2D eigenvalue weighted by Crippen LogP contribution is -2.17. The maximum atomic E-state index is 12.1. The normalized spacial score (nSPS) is 10.3. The Morgan fingerprint density at radius 1 is 1.36 bits per heavy atom. The minimum atomic E-state index is -0.334. The van der Waals surface area contributed by atoms with E-state index in [1.807, 2.05) is 6.07 Å². The second kappa shape index (κ2) is 9.39. The lowest BCUT2D eigenvalue weighted by Gasteiger charge is -2.06. The highest BCUT2D eigenvalue weighted by molar-refractivity contribution is 14.1. The van der Waals surface area contributed by atoms with Crippen molar-refractivity contribution in [3.63, 3.8) is 0 Å². The van der Waals surface area contributed by atoms with Crippen molar-refractivity contribution in [3.05, 3.63) is 55.6 Å². The number of amides is 1. The van der Waals surface area contributed by atoms with E-state index < -0.39 is 0 Å². The Kier molecular flexibility index (Phi) is 7.21. The van der Waals surface area contributed by atoms with Gasteiger partial charge in [0.1, 0.15) is 17.6 Å². The highest BCUT2D eigenvalue weighted by Crippen LogP contribution is 2.25. The molecule has 0 atom stereocenters. The number of carbonyl (C=O) groups excluding carboxylic acids is 1. The van der Waals surface area contributed by atoms with Crippen molar-refractivity contribution in [2.45, 2.75) is 0 Å². The van der Waals surface area contributed by atoms with Gasteiger partial charge in [0.15, 0.2) is 6.61 Å². The summed E-state index contributed by atoms with van der Waals surface area (Å²) in [5.74, 6) is 0.863. The summed E-state index contributed by atoms with van der Waals surface area (Å²) in [7, 11) is 1.55. The van der Waals surface area contributed by atoms with E-state index in [9.17, 15) is 4.79 Å². The molecule has 1 N–H and O–H groups in total. The van der Waals surface area contributed by atoms with Gasteiger partial charge in [-0.05, 0) is 80.5 Å². The molecule has 6 nitrogen and oxygen atoms in total. The Balaban J connectivity index is 2.02. The third-order valence-corrected chi connectivity index (χ3v) is 4.55. The molecule has 1 amide bonds. The van der Waals surface area contributed by atoms with E-state index in [-0.39, 0.29) is 12.5 Å². The summed E-state index contributed by atoms with van der Waals surface area (Å²) in [5, 5.41) is 12.5. The highest BCUT2D eigenvalue weighted by atomic mass is 127. The first-order chi connectivity index (χ1) is 12.0. The van der Waals surface area contributed by atoms with Crippen LogP contribution in [0.15, 0.2) is 46.0 Å². The van der Waals surface area contributed by atoms with E-state index >= 15 is 0 Å². The summed E-state index contributed by atoms with van der Waals surface area (Å²) in [5.41, 5.74) is 3.68. The Hall–Kier alpha value is -2.12. The Morgan fingerprint density at radius 2 is 2.16 bits per heavy atom. The summed E-state index contributed by atoms with van der Waals surface area (Å²) in [4.78, 5) is 12.1. The average Bonchev–Trinajstić information content (AvgIpc) is 2.61. The van der Waals surface area contributed by atoms with Crippen LogP contribution in [0.1, 0.15) is 15.9 Å². The number of benzene rings is 2. The zero-order valence-electron chi connectivity index (χ0n) is 13.1. The van der Waals surface area contributed by atoms with Gasteiger partial charge < -0.3 is 9.47 Å². The topological polar surface area (TPSA) is 83.7 Å². The minimum Gasteiger partial charge on any atom is -0.496 e. The monoisotopic (exact) mass is 513 g/mol. The summed E-state index contributed by atoms with van der Waals surface area (Å²) < 4.78 is 12.1. The van der Waals surface area contributed by atoms with Crippen LogP contribution in [0.5, 0.6) is 11.5 Å². The van der Waals surface area contributed by atoms with Gasteiger partial charge in [-0.3, -0.25) is 4.79 Å². The molecular formula is C17H13BrIN3O3. The molecule has 0 spiro atoms. The van der Waals surface area contributed by atoms with Crippen LogP contribution in [0.3, 0.4) is 0 Å². The third kappa shape index (κ3) is 5.44. The van der Waals surface area contributed by atoms with Crippen molar-refractivity contribution in [1.82, 2.24) is 5.43 Å². The van der Waals surface area contributed by atoms with Crippen molar-refractivity contribution in [2.24, 2.45) is 5.10 Å². The van der Waals surface area contributed by atoms with Gasteiger partial charge in [-0.25, -0.2) is 5.43 Å². The molecule has 0 aliphatic carbocycles. The van der Waals surface area contributed by atoms with Gasteiger partial charge in [-0.1, -0.05) is 0 Å². The summed E-state index contributed by atoms with van der Waals surface area (Å²) >= 11 is 5.49. The fourth-order valence-corrected chi connectivity index (χ4v) is 2.92. The number of rotatable bonds is 6. The number of nitrogens with zero attached hydrogens (tertiary/aromatic N) is 2. The standard InChI is InChI=1S/C17H13BrIN3O3/c1-24-16-9-12(3-4-14(16)19)17(23)22-21-10-11-2-5-15(13(18)8-11)25-7-6-20/h2-5,8-10H,7H2,1H3,(H,22,23)/b21-10-. The van der Waals surface area contributed by atoms with Gasteiger partial charge in [0.05, 0.1) is 21.4 Å². The van der Waals surface area contributed by atoms with Gasteiger partial charge in [-0.15, -0.1) is 0 Å². The maximum absolute atomic E-state index is 12.1. The highest BCUT2D eigenvalue weighted by Gasteiger charge is 2.08. The number of nitriles is 1. The number of ether oxygens (including phenoxy) is 2. The van der Waals surface area contributed by atoms with E-state index in [4.69, 9.17) is 14.7 Å². The molecule has 0 saturated heterocycles. The molecular weight excluding hydrogens is 501 g/mol. The zero-order valence-corrected chi connectivity index (χ0v) is 16.9. The molecule has 0 fully saturated rings. The maximum Gasteiger partial charge on any atom is 0.271 e. The SMILES string of the molecule is COc1cc(C(=O)N/N=C\c2ccc(OCC#N)c(Br)c2)ccc1I. The van der Waals surface area contributed by atoms with Crippen LogP contribution in [0, 0.1) is 14.9 Å². The van der Waals surface area contributed by atoms with Crippen molar-refractivity contribution >= 4 is 50.6 Å². The Labute approximate surface area is 167 Å². The number of carbonyl (C=O) groups is 1. The smallest absolute Gasteiger partial charge is 0.271 e. The first kappa shape index (κ1) is 19.2. The summed E-state index contributed by atoms with van der Waals surface area (Å²) in [6.45, 7) is -0.0262. The number of halogens is 2. The molecule has 0 heterocycles. The van der Waals surface area contributed by atoms with Crippen LogP contribution in [-0.4, -0.2) is 25.8 Å². The third-order valence-electron chi connectivity index (χ3n) is 3.04. The van der Waals surface area contributed by atoms with Crippen molar-refractivity contribution in [2.75, 3.05) is 13.7 Å². The van der Waals surface area contributed by atoms with Crippen molar-refractivity contribution in [3.8, 4) is 17.6 Å². The van der Waals surface area contributed by atoms with E-state index in [1.54, 1.807) is 43.5 Å². The van der Waals surface area contributed by atoms with E-state index in [1.165, 1.54) is 6.21 Å². The van der Waals surface area contributed by atoms with Gasteiger partial charge in [0.2, 0.25) is 0 Å². The van der Waals surface area contributed by atoms with Gasteiger partial charge >= 0.3 is 0 Å². The Morgan fingerprint density at radius 3 is 2.84 bits per heavy atom. The number of nitrogens with one attached hydrogen (secondary N) is 1. The molecule has 0 aliphatic rings. The second-order valence-corrected chi connectivity index (χ2v) is 6.70. The predicted octanol–water partition coefficient (Wildman–Crippen LogP) is 3.73. The predicted molar refractivity (Wildman–Crippen MR) is 106 cm³/mol. The summed E-state index contributed by atoms with van der Waals surface area (Å²) in [6.07, 6.45) is 1.51.